The van der Waals surface area contributed by atoms with Gasteiger partial charge in [-0.05, 0) is 122 Å². The van der Waals surface area contributed by atoms with Crippen LogP contribution >= 0.6 is 22.7 Å². The van der Waals surface area contributed by atoms with Crippen LogP contribution in [0.5, 0.6) is 0 Å². The maximum Gasteiger partial charge on any atom is 0.143 e. The lowest BCUT2D eigenvalue weighted by atomic mass is 9.95. The first-order valence-corrected chi connectivity index (χ1v) is 33.5. The van der Waals surface area contributed by atoms with Gasteiger partial charge in [0, 0.05) is 75.0 Å². The monoisotopic (exact) mass is 1230 g/mol. The Bertz CT molecular complexity index is 6310. The van der Waals surface area contributed by atoms with Gasteiger partial charge in [0.1, 0.15) is 22.3 Å². The van der Waals surface area contributed by atoms with E-state index in [0.29, 0.717) is 0 Å². The normalized spacial score (nSPS) is 11.8. The average molecular weight is 1240 g/mol. The summed E-state index contributed by atoms with van der Waals surface area (Å²) < 4.78 is 23.2. The predicted molar refractivity (Wildman–Crippen MR) is 400 cm³/mol. The maximum atomic E-state index is 6.54. The Balaban J connectivity index is 0.000000133. The lowest BCUT2D eigenvalue weighted by Crippen LogP contribution is -1.93. The number of para-hydroxylation sites is 6. The first-order valence-electron chi connectivity index (χ1n) is 31.9. The van der Waals surface area contributed by atoms with Gasteiger partial charge in [-0.2, -0.15) is 0 Å². The molecule has 0 amide bonds. The number of nitrogens with zero attached hydrogens (tertiary/aromatic N) is 2. The van der Waals surface area contributed by atoms with Gasteiger partial charge in [-0.15, -0.1) is 22.7 Å². The Morgan fingerprint density at radius 1 is 0.234 bits per heavy atom. The zero-order valence-electron chi connectivity index (χ0n) is 50.7. The highest BCUT2D eigenvalue weighted by atomic mass is 32.1. The van der Waals surface area contributed by atoms with Crippen molar-refractivity contribution in [2.45, 2.75) is 0 Å². The Hall–Kier alpha value is -11.8. The zero-order valence-corrected chi connectivity index (χ0v) is 52.3. The highest BCUT2D eigenvalue weighted by Gasteiger charge is 2.24. The van der Waals surface area contributed by atoms with E-state index in [1.807, 2.05) is 22.7 Å². The zero-order chi connectivity index (χ0) is 61.8. The second-order valence-electron chi connectivity index (χ2n) is 24.1. The van der Waals surface area contributed by atoms with Crippen molar-refractivity contribution in [1.29, 1.82) is 0 Å². The minimum Gasteiger partial charge on any atom is -0.455 e. The molecule has 0 aliphatic carbocycles. The largest absolute Gasteiger partial charge is 0.455 e. The van der Waals surface area contributed by atoms with Crippen molar-refractivity contribution in [3.8, 4) is 78.1 Å². The second-order valence-corrected chi connectivity index (χ2v) is 26.2. The van der Waals surface area contributed by atoms with Gasteiger partial charge in [0.05, 0.1) is 31.5 Å². The van der Waals surface area contributed by atoms with Crippen molar-refractivity contribution < 1.29 is 8.83 Å². The number of benzene rings is 14. The average Bonchev–Trinajstić information content (AvgIpc) is 1.54. The van der Waals surface area contributed by atoms with Crippen LogP contribution in [0.15, 0.2) is 336 Å². The number of hydrogen-bond donors (Lipinski definition) is 0. The highest BCUT2D eigenvalue weighted by molar-refractivity contribution is 7.27. The van der Waals surface area contributed by atoms with Gasteiger partial charge in [0.25, 0.3) is 0 Å². The molecule has 4 nitrogen and oxygen atoms in total. The van der Waals surface area contributed by atoms with Crippen LogP contribution in [0.1, 0.15) is 0 Å². The minimum absolute atomic E-state index is 0.907. The number of rotatable bonds is 8. The summed E-state index contributed by atoms with van der Waals surface area (Å²) in [6.07, 6.45) is 0. The van der Waals surface area contributed by atoms with Gasteiger partial charge >= 0.3 is 0 Å². The molecule has 0 radical (unpaired) electrons. The van der Waals surface area contributed by atoms with Gasteiger partial charge in [0.15, 0.2) is 0 Å². The highest BCUT2D eigenvalue weighted by Crippen LogP contribution is 2.49. The molecule has 0 aliphatic rings. The predicted octanol–water partition coefficient (Wildman–Crippen LogP) is 25.8. The topological polar surface area (TPSA) is 36.1 Å². The number of thiophene rings is 2. The number of hydrogen-bond acceptors (Lipinski definition) is 4. The summed E-state index contributed by atoms with van der Waals surface area (Å²) in [5.41, 5.74) is 25.2. The SMILES string of the molecule is c1ccc(-c2ccc3oc4c(-c5ccc(-c6cccc7sc8c9ccccc9n(-c9ccccc9)c8c67)cc5)cccc4c3c2)cc1.c1ccc(-c2cccc3c2oc2cccc(-c4ccc(-c5cccc6sc7c8ccccc8n(-c8ccccc8)c7c56)cc4)c23)cc1. The van der Waals surface area contributed by atoms with Crippen molar-refractivity contribution in [2.75, 3.05) is 0 Å². The van der Waals surface area contributed by atoms with Crippen LogP contribution in [0, 0.1) is 0 Å². The van der Waals surface area contributed by atoms with E-state index in [-0.39, 0.29) is 0 Å². The molecule has 14 aromatic carbocycles. The molecule has 0 unspecified atom stereocenters. The van der Waals surface area contributed by atoms with Gasteiger partial charge in [0.2, 0.25) is 0 Å². The molecule has 6 heteroatoms. The molecular formula is C88H54N2O2S2. The fraction of sp³-hybridized carbons (Fsp3) is 0. The van der Waals surface area contributed by atoms with Crippen LogP contribution in [0.25, 0.3) is 184 Å². The van der Waals surface area contributed by atoms with Crippen LogP contribution in [0.3, 0.4) is 0 Å². The molecule has 6 heterocycles. The van der Waals surface area contributed by atoms with Crippen LogP contribution < -0.4 is 0 Å². The van der Waals surface area contributed by atoms with E-state index in [1.165, 1.54) is 118 Å². The summed E-state index contributed by atoms with van der Waals surface area (Å²) in [5.74, 6) is 0. The van der Waals surface area contributed by atoms with E-state index in [0.717, 1.165) is 66.1 Å². The van der Waals surface area contributed by atoms with Crippen molar-refractivity contribution in [3.63, 3.8) is 0 Å². The molecule has 0 bridgehead atoms. The van der Waals surface area contributed by atoms with Gasteiger partial charge in [-0.3, -0.25) is 0 Å². The van der Waals surface area contributed by atoms with Crippen LogP contribution in [-0.2, 0) is 0 Å². The van der Waals surface area contributed by atoms with Crippen LogP contribution in [0.4, 0.5) is 0 Å². The molecule has 440 valence electrons. The summed E-state index contributed by atoms with van der Waals surface area (Å²) in [6, 6.07) is 117. The molecule has 20 aromatic rings. The number of aromatic nitrogens is 2. The third kappa shape index (κ3) is 8.65. The minimum atomic E-state index is 0.907. The molecule has 6 aromatic heterocycles. The smallest absolute Gasteiger partial charge is 0.143 e. The van der Waals surface area contributed by atoms with E-state index < -0.39 is 0 Å². The van der Waals surface area contributed by atoms with E-state index in [2.05, 4.69) is 337 Å². The molecule has 0 spiro atoms. The Morgan fingerprint density at radius 3 is 1.14 bits per heavy atom. The van der Waals surface area contributed by atoms with Crippen molar-refractivity contribution >= 4 is 129 Å². The third-order valence-corrected chi connectivity index (χ3v) is 21.2. The van der Waals surface area contributed by atoms with Gasteiger partial charge < -0.3 is 18.0 Å². The number of fused-ring (bicyclic) bond motifs is 16. The summed E-state index contributed by atoms with van der Waals surface area (Å²) >= 11 is 3.77. The fourth-order valence-corrected chi connectivity index (χ4v) is 17.1. The lowest BCUT2D eigenvalue weighted by molar-refractivity contribution is 0.669. The van der Waals surface area contributed by atoms with Gasteiger partial charge in [-0.1, -0.05) is 261 Å². The molecule has 0 aliphatic heterocycles. The summed E-state index contributed by atoms with van der Waals surface area (Å²) in [7, 11) is 0. The summed E-state index contributed by atoms with van der Waals surface area (Å²) in [5, 5.41) is 9.77. The van der Waals surface area contributed by atoms with Crippen LogP contribution in [-0.4, -0.2) is 9.13 Å². The second kappa shape index (κ2) is 22.0. The Labute approximate surface area is 548 Å². The molecule has 94 heavy (non-hydrogen) atoms. The van der Waals surface area contributed by atoms with E-state index >= 15 is 0 Å². The lowest BCUT2D eigenvalue weighted by Gasteiger charge is -2.11. The summed E-state index contributed by atoms with van der Waals surface area (Å²) in [4.78, 5) is 0. The first kappa shape index (κ1) is 54.0. The molecule has 0 saturated heterocycles. The van der Waals surface area contributed by atoms with Crippen molar-refractivity contribution in [2.24, 2.45) is 0 Å². The number of furan rings is 2. The molecule has 20 rings (SSSR count). The van der Waals surface area contributed by atoms with Crippen LogP contribution in [0.2, 0.25) is 0 Å². The van der Waals surface area contributed by atoms with Crippen molar-refractivity contribution in [1.82, 2.24) is 9.13 Å². The quantitative estimate of drug-likeness (QED) is 0.152. The Kier molecular flexibility index (Phi) is 12.6. The fourth-order valence-electron chi connectivity index (χ4n) is 14.6. The van der Waals surface area contributed by atoms with E-state index in [4.69, 9.17) is 8.83 Å². The molecule has 0 fully saturated rings. The van der Waals surface area contributed by atoms with E-state index in [1.54, 1.807) is 0 Å². The molecule has 0 saturated carbocycles. The first-order chi connectivity index (χ1) is 46.6. The Morgan fingerprint density at radius 2 is 0.606 bits per heavy atom. The van der Waals surface area contributed by atoms with Gasteiger partial charge in [-0.25, -0.2) is 0 Å². The molecular weight excluding hydrogens is 1180 g/mol. The van der Waals surface area contributed by atoms with Crippen molar-refractivity contribution in [3.05, 3.63) is 328 Å². The summed E-state index contributed by atoms with van der Waals surface area (Å²) in [6.45, 7) is 0. The van der Waals surface area contributed by atoms with E-state index in [9.17, 15) is 0 Å². The molecule has 0 N–H and O–H groups in total. The standard InChI is InChI=1S/2C44H27NOS/c1-3-12-28(13-4-1)34-19-9-20-36-40-32(17-10-22-38(40)46-43(34)36)29-24-26-30(27-25-29)33-18-11-23-39-41(33)42-44(47-39)35-16-7-8-21-37(35)45(42)31-14-5-2-6-15-31;1-3-11-28(12-4-1)31-25-26-39-37(27-31)35-18-9-17-34(43(35)46-39)30-23-21-29(22-24-30)33-16-10-20-40-41(33)42-44(47-40)36-15-7-8-19-38(36)45(42)32-13-5-2-6-14-32/h2*1-27H. The molecule has 0 atom stereocenters. The maximum absolute atomic E-state index is 6.54. The third-order valence-electron chi connectivity index (χ3n) is 18.9.